The predicted octanol–water partition coefficient (Wildman–Crippen LogP) is 2.35. The summed E-state index contributed by atoms with van der Waals surface area (Å²) in [6.45, 7) is 7.27. The quantitative estimate of drug-likeness (QED) is 0.683. The number of anilines is 1. The van der Waals surface area contributed by atoms with E-state index in [1.54, 1.807) is 0 Å². The molecule has 2 rings (SSSR count). The molecule has 1 amide bonds. The van der Waals surface area contributed by atoms with Gasteiger partial charge in [0.1, 0.15) is 0 Å². The molecule has 5 nitrogen and oxygen atoms in total. The zero-order valence-electron chi connectivity index (χ0n) is 14.2. The van der Waals surface area contributed by atoms with Crippen molar-refractivity contribution in [1.29, 1.82) is 0 Å². The maximum Gasteiger partial charge on any atom is 0.309 e. The summed E-state index contributed by atoms with van der Waals surface area (Å²) in [5.74, 6) is -0.138. The van der Waals surface area contributed by atoms with Crippen LogP contribution in [-0.4, -0.2) is 36.5 Å². The summed E-state index contributed by atoms with van der Waals surface area (Å²) in [5, 5.41) is 0. The molecule has 0 saturated carbocycles. The number of benzene rings is 1. The van der Waals surface area contributed by atoms with Crippen LogP contribution >= 0.6 is 0 Å². The molecule has 1 aliphatic heterocycles. The first-order chi connectivity index (χ1) is 10.9. The summed E-state index contributed by atoms with van der Waals surface area (Å²) in [4.78, 5) is 26.5. The molecule has 0 bridgehead atoms. The number of nitrogens with zero attached hydrogens (tertiary/aromatic N) is 1. The summed E-state index contributed by atoms with van der Waals surface area (Å²) in [5.41, 5.74) is 6.75. The van der Waals surface area contributed by atoms with Crippen LogP contribution in [0.3, 0.4) is 0 Å². The van der Waals surface area contributed by atoms with Crippen LogP contribution in [0.2, 0.25) is 0 Å². The van der Waals surface area contributed by atoms with Crippen molar-refractivity contribution in [3.8, 4) is 0 Å². The van der Waals surface area contributed by atoms with Gasteiger partial charge in [0.05, 0.1) is 17.9 Å². The summed E-state index contributed by atoms with van der Waals surface area (Å²) < 4.78 is 5.07. The molecule has 1 aromatic carbocycles. The normalized spacial score (nSPS) is 16.2. The van der Waals surface area contributed by atoms with Gasteiger partial charge >= 0.3 is 5.97 Å². The molecule has 1 saturated heterocycles. The Morgan fingerprint density at radius 2 is 1.78 bits per heavy atom. The van der Waals surface area contributed by atoms with Crippen molar-refractivity contribution in [2.45, 2.75) is 39.0 Å². The van der Waals surface area contributed by atoms with Gasteiger partial charge in [-0.15, -0.1) is 0 Å². The van der Waals surface area contributed by atoms with Crippen LogP contribution in [0.15, 0.2) is 24.3 Å². The second-order valence-electron chi connectivity index (χ2n) is 6.57. The van der Waals surface area contributed by atoms with Crippen molar-refractivity contribution >= 4 is 17.6 Å². The molecular formula is C18H26N2O3. The second kappa shape index (κ2) is 7.02. The molecule has 1 aromatic rings. The minimum atomic E-state index is -0.607. The van der Waals surface area contributed by atoms with E-state index in [1.165, 1.54) is 0 Å². The first-order valence-corrected chi connectivity index (χ1v) is 8.18. The average Bonchev–Trinajstić information content (AvgIpc) is 2.55. The second-order valence-corrected chi connectivity index (χ2v) is 6.57. The lowest BCUT2D eigenvalue weighted by Gasteiger charge is -2.36. The first-order valence-electron chi connectivity index (χ1n) is 8.18. The fourth-order valence-electron chi connectivity index (χ4n) is 3.00. The van der Waals surface area contributed by atoms with Crippen LogP contribution in [0, 0.1) is 5.92 Å². The van der Waals surface area contributed by atoms with E-state index >= 15 is 0 Å². The first kappa shape index (κ1) is 17.3. The molecular weight excluding hydrogens is 292 g/mol. The minimum absolute atomic E-state index is 0.0846. The van der Waals surface area contributed by atoms with Crippen molar-refractivity contribution < 1.29 is 14.3 Å². The lowest BCUT2D eigenvalue weighted by atomic mass is 9.82. The molecule has 0 spiro atoms. The van der Waals surface area contributed by atoms with Gasteiger partial charge in [-0.05, 0) is 51.3 Å². The van der Waals surface area contributed by atoms with E-state index in [-0.39, 0.29) is 17.8 Å². The fourth-order valence-corrected chi connectivity index (χ4v) is 3.00. The smallest absolute Gasteiger partial charge is 0.309 e. The van der Waals surface area contributed by atoms with Gasteiger partial charge < -0.3 is 15.4 Å². The molecule has 0 atom stereocenters. The summed E-state index contributed by atoms with van der Waals surface area (Å²) in [7, 11) is 0. The molecule has 126 valence electrons. The van der Waals surface area contributed by atoms with Gasteiger partial charge in [-0.25, -0.2) is 0 Å². The monoisotopic (exact) mass is 318 g/mol. The maximum atomic E-state index is 12.9. The largest absolute Gasteiger partial charge is 0.466 e. The summed E-state index contributed by atoms with van der Waals surface area (Å²) in [6.07, 6.45) is 1.34. The van der Waals surface area contributed by atoms with Gasteiger partial charge in [0.25, 0.3) is 0 Å². The third-order valence-electron chi connectivity index (χ3n) is 4.57. The van der Waals surface area contributed by atoms with E-state index in [0.717, 1.165) is 5.56 Å². The Hall–Kier alpha value is -2.04. The molecule has 2 N–H and O–H groups in total. The molecule has 5 heteroatoms. The number of carbonyl (C=O) groups is 2. The third kappa shape index (κ3) is 3.84. The lowest BCUT2D eigenvalue weighted by Crippen LogP contribution is -2.48. The van der Waals surface area contributed by atoms with Gasteiger partial charge in [-0.3, -0.25) is 9.59 Å². The topological polar surface area (TPSA) is 72.6 Å². The highest BCUT2D eigenvalue weighted by Gasteiger charge is 2.36. The summed E-state index contributed by atoms with van der Waals surface area (Å²) >= 11 is 0. The van der Waals surface area contributed by atoms with Crippen LogP contribution in [0.25, 0.3) is 0 Å². The Bertz CT molecular complexity index is 558. The van der Waals surface area contributed by atoms with E-state index in [4.69, 9.17) is 10.5 Å². The molecule has 0 aliphatic carbocycles. The predicted molar refractivity (Wildman–Crippen MR) is 89.8 cm³/mol. The van der Waals surface area contributed by atoms with Crippen molar-refractivity contribution in [2.75, 3.05) is 25.4 Å². The highest BCUT2D eigenvalue weighted by Crippen LogP contribution is 2.29. The van der Waals surface area contributed by atoms with Crippen LogP contribution < -0.4 is 5.73 Å². The van der Waals surface area contributed by atoms with Gasteiger partial charge in [0.15, 0.2) is 0 Å². The van der Waals surface area contributed by atoms with Crippen LogP contribution in [-0.2, 0) is 19.7 Å². The Morgan fingerprint density at radius 3 is 2.30 bits per heavy atom. The molecule has 0 radical (unpaired) electrons. The number of hydrogen-bond acceptors (Lipinski definition) is 4. The summed E-state index contributed by atoms with van der Waals surface area (Å²) in [6, 6.07) is 7.44. The molecule has 0 aromatic heterocycles. The number of nitrogen functional groups attached to an aromatic ring is 1. The van der Waals surface area contributed by atoms with E-state index in [9.17, 15) is 9.59 Å². The van der Waals surface area contributed by atoms with Crippen molar-refractivity contribution in [3.05, 3.63) is 29.8 Å². The lowest BCUT2D eigenvalue weighted by molar-refractivity contribution is -0.151. The number of nitrogens with two attached hydrogens (primary N) is 1. The number of ether oxygens (including phenoxy) is 1. The Morgan fingerprint density at radius 1 is 1.22 bits per heavy atom. The molecule has 1 aliphatic rings. The van der Waals surface area contributed by atoms with Crippen molar-refractivity contribution in [3.63, 3.8) is 0 Å². The number of rotatable bonds is 4. The number of carbonyl (C=O) groups excluding carboxylic acids is 2. The molecule has 0 unspecified atom stereocenters. The number of likely N-dealkylation sites (tertiary alicyclic amines) is 1. The van der Waals surface area contributed by atoms with E-state index in [0.29, 0.717) is 38.2 Å². The van der Waals surface area contributed by atoms with Gasteiger partial charge in [0.2, 0.25) is 5.91 Å². The van der Waals surface area contributed by atoms with Crippen LogP contribution in [0.4, 0.5) is 5.69 Å². The molecule has 1 heterocycles. The number of piperidine rings is 1. The molecule has 23 heavy (non-hydrogen) atoms. The zero-order chi connectivity index (χ0) is 17.0. The Kier molecular flexibility index (Phi) is 5.29. The third-order valence-corrected chi connectivity index (χ3v) is 4.57. The highest BCUT2D eigenvalue weighted by molar-refractivity contribution is 5.87. The fraction of sp³-hybridized carbons (Fsp3) is 0.556. The van der Waals surface area contributed by atoms with Crippen LogP contribution in [0.1, 0.15) is 39.2 Å². The number of hydrogen-bond donors (Lipinski definition) is 1. The Labute approximate surface area is 137 Å². The van der Waals surface area contributed by atoms with Crippen LogP contribution in [0.5, 0.6) is 0 Å². The maximum absolute atomic E-state index is 12.9. The number of esters is 1. The van der Waals surface area contributed by atoms with E-state index in [1.807, 2.05) is 49.9 Å². The minimum Gasteiger partial charge on any atom is -0.466 e. The Balaban J connectivity index is 2.01. The highest BCUT2D eigenvalue weighted by atomic mass is 16.5. The van der Waals surface area contributed by atoms with Crippen molar-refractivity contribution in [1.82, 2.24) is 4.90 Å². The SMILES string of the molecule is CCOC(=O)C1CCN(C(=O)C(C)(C)c2ccc(N)cc2)CC1. The van der Waals surface area contributed by atoms with E-state index in [2.05, 4.69) is 0 Å². The van der Waals surface area contributed by atoms with E-state index < -0.39 is 5.41 Å². The molecule has 1 fully saturated rings. The van der Waals surface area contributed by atoms with Gasteiger partial charge in [-0.2, -0.15) is 0 Å². The number of amides is 1. The zero-order valence-corrected chi connectivity index (χ0v) is 14.2. The van der Waals surface area contributed by atoms with Gasteiger partial charge in [0, 0.05) is 18.8 Å². The van der Waals surface area contributed by atoms with Crippen molar-refractivity contribution in [2.24, 2.45) is 5.92 Å². The standard InChI is InChI=1S/C18H26N2O3/c1-4-23-16(21)13-9-11-20(12-10-13)17(22)18(2,3)14-5-7-15(19)8-6-14/h5-8,13H,4,9-12,19H2,1-3H3. The van der Waals surface area contributed by atoms with Gasteiger partial charge in [-0.1, -0.05) is 12.1 Å². The average molecular weight is 318 g/mol.